The molecular weight excluding hydrogens is 279 g/mol. The highest BCUT2D eigenvalue weighted by atomic mass is 32.1. The number of amides is 1. The van der Waals surface area contributed by atoms with Gasteiger partial charge >= 0.3 is 0 Å². The molecule has 1 aromatic heterocycles. The lowest BCUT2D eigenvalue weighted by molar-refractivity contribution is 0.0479. The summed E-state index contributed by atoms with van der Waals surface area (Å²) >= 11 is 1.23. The summed E-state index contributed by atoms with van der Waals surface area (Å²) in [5, 5.41) is 9.88. The van der Waals surface area contributed by atoms with Crippen LogP contribution in [0, 0.1) is 5.82 Å². The van der Waals surface area contributed by atoms with Crippen molar-refractivity contribution in [1.29, 1.82) is 0 Å². The zero-order valence-electron chi connectivity index (χ0n) is 11.6. The first-order valence-corrected chi connectivity index (χ1v) is 6.96. The summed E-state index contributed by atoms with van der Waals surface area (Å²) in [6.45, 7) is 3.36. The van der Waals surface area contributed by atoms with Crippen LogP contribution in [0.15, 0.2) is 18.2 Å². The van der Waals surface area contributed by atoms with Crippen LogP contribution in [-0.2, 0) is 0 Å². The van der Waals surface area contributed by atoms with Crippen LogP contribution < -0.4 is 5.73 Å². The highest BCUT2D eigenvalue weighted by molar-refractivity contribution is 7.21. The Bertz CT molecular complexity index is 666. The Labute approximate surface area is 120 Å². The van der Waals surface area contributed by atoms with E-state index in [1.165, 1.54) is 28.4 Å². The van der Waals surface area contributed by atoms with E-state index in [9.17, 15) is 14.3 Å². The molecule has 0 fully saturated rings. The van der Waals surface area contributed by atoms with E-state index < -0.39 is 5.54 Å². The SMILES string of the molecule is CN(C(=O)c1sc2ccc(F)cc2c1N)C(C)(C)CO. The van der Waals surface area contributed by atoms with E-state index in [4.69, 9.17) is 5.73 Å². The second-order valence-electron chi connectivity index (χ2n) is 5.32. The van der Waals surface area contributed by atoms with Gasteiger partial charge in [0, 0.05) is 17.1 Å². The van der Waals surface area contributed by atoms with E-state index in [0.717, 1.165) is 4.70 Å². The van der Waals surface area contributed by atoms with Crippen LogP contribution in [0.1, 0.15) is 23.5 Å². The standard InChI is InChI=1S/C14H17FN2O2S/c1-14(2,7-18)17(3)13(19)12-11(16)9-6-8(15)4-5-10(9)20-12/h4-6,18H,7,16H2,1-3H3. The van der Waals surface area contributed by atoms with Gasteiger partial charge in [-0.05, 0) is 32.0 Å². The normalized spacial score (nSPS) is 11.8. The Hall–Kier alpha value is -1.66. The first-order valence-electron chi connectivity index (χ1n) is 6.14. The largest absolute Gasteiger partial charge is 0.397 e. The zero-order valence-corrected chi connectivity index (χ0v) is 12.4. The molecule has 0 saturated heterocycles. The van der Waals surface area contributed by atoms with Gasteiger partial charge in [-0.3, -0.25) is 4.79 Å². The number of thiophene rings is 1. The fraction of sp³-hybridized carbons (Fsp3) is 0.357. The third-order valence-corrected chi connectivity index (χ3v) is 4.66. The number of aliphatic hydroxyl groups is 1. The first-order chi connectivity index (χ1) is 9.27. The molecule has 6 heteroatoms. The molecule has 1 heterocycles. The maximum atomic E-state index is 13.3. The van der Waals surface area contributed by atoms with E-state index >= 15 is 0 Å². The molecule has 1 amide bonds. The Kier molecular flexibility index (Phi) is 3.71. The number of nitrogens with zero attached hydrogens (tertiary/aromatic N) is 1. The summed E-state index contributed by atoms with van der Waals surface area (Å²) in [5.41, 5.74) is 5.56. The minimum absolute atomic E-state index is 0.158. The fourth-order valence-corrected chi connectivity index (χ4v) is 2.86. The van der Waals surface area contributed by atoms with Gasteiger partial charge in [0.1, 0.15) is 10.7 Å². The predicted octanol–water partition coefficient (Wildman–Crippen LogP) is 2.47. The predicted molar refractivity (Wildman–Crippen MR) is 79.5 cm³/mol. The molecule has 0 atom stereocenters. The lowest BCUT2D eigenvalue weighted by atomic mass is 10.0. The first kappa shape index (κ1) is 14.7. The molecule has 1 aromatic carbocycles. The lowest BCUT2D eigenvalue weighted by Gasteiger charge is -2.33. The summed E-state index contributed by atoms with van der Waals surface area (Å²) < 4.78 is 14.0. The van der Waals surface area contributed by atoms with Crippen LogP contribution in [-0.4, -0.2) is 35.1 Å². The maximum absolute atomic E-state index is 13.3. The average Bonchev–Trinajstić information content (AvgIpc) is 2.74. The van der Waals surface area contributed by atoms with Gasteiger partial charge in [-0.2, -0.15) is 0 Å². The van der Waals surface area contributed by atoms with Crippen molar-refractivity contribution in [3.05, 3.63) is 28.9 Å². The molecule has 2 aromatic rings. The van der Waals surface area contributed by atoms with E-state index in [2.05, 4.69) is 0 Å². The Morgan fingerprint density at radius 2 is 2.15 bits per heavy atom. The van der Waals surface area contributed by atoms with Crippen molar-refractivity contribution >= 4 is 33.0 Å². The molecule has 0 aliphatic heterocycles. The van der Waals surface area contributed by atoms with Crippen molar-refractivity contribution in [2.45, 2.75) is 19.4 Å². The van der Waals surface area contributed by atoms with E-state index in [1.54, 1.807) is 27.0 Å². The summed E-state index contributed by atoms with van der Waals surface area (Å²) in [7, 11) is 1.61. The summed E-state index contributed by atoms with van der Waals surface area (Å²) in [4.78, 5) is 14.3. The number of halogens is 1. The average molecular weight is 296 g/mol. The van der Waals surface area contributed by atoms with Crippen LogP contribution in [0.4, 0.5) is 10.1 Å². The van der Waals surface area contributed by atoms with Crippen LogP contribution in [0.3, 0.4) is 0 Å². The van der Waals surface area contributed by atoms with Crippen LogP contribution in [0.2, 0.25) is 0 Å². The van der Waals surface area contributed by atoms with Gasteiger partial charge in [-0.1, -0.05) is 0 Å². The van der Waals surface area contributed by atoms with Crippen molar-refractivity contribution in [2.24, 2.45) is 0 Å². The van der Waals surface area contributed by atoms with E-state index in [1.807, 2.05) is 0 Å². The van der Waals surface area contributed by atoms with Crippen LogP contribution in [0.5, 0.6) is 0 Å². The van der Waals surface area contributed by atoms with Gasteiger partial charge in [-0.25, -0.2) is 4.39 Å². The number of hydrogen-bond acceptors (Lipinski definition) is 4. The minimum Gasteiger partial charge on any atom is -0.397 e. The number of aliphatic hydroxyl groups excluding tert-OH is 1. The number of fused-ring (bicyclic) bond motifs is 1. The van der Waals surface area contributed by atoms with Gasteiger partial charge in [0.2, 0.25) is 0 Å². The number of carbonyl (C=O) groups excluding carboxylic acids is 1. The second kappa shape index (κ2) is 5.03. The van der Waals surface area contributed by atoms with Crippen LogP contribution in [0.25, 0.3) is 10.1 Å². The summed E-state index contributed by atoms with van der Waals surface area (Å²) in [6, 6.07) is 4.28. The van der Waals surface area contributed by atoms with E-state index in [-0.39, 0.29) is 24.0 Å². The zero-order chi connectivity index (χ0) is 15.1. The summed E-state index contributed by atoms with van der Waals surface area (Å²) in [6.07, 6.45) is 0. The third kappa shape index (κ3) is 2.36. The molecule has 0 aliphatic rings. The molecule has 0 unspecified atom stereocenters. The van der Waals surface area contributed by atoms with Gasteiger partial charge < -0.3 is 15.7 Å². The smallest absolute Gasteiger partial charge is 0.266 e. The molecule has 4 nitrogen and oxygen atoms in total. The Morgan fingerprint density at radius 3 is 2.75 bits per heavy atom. The van der Waals surface area contributed by atoms with E-state index in [0.29, 0.717) is 10.3 Å². The molecule has 0 radical (unpaired) electrons. The number of likely N-dealkylation sites (N-methyl/N-ethyl adjacent to an activating group) is 1. The molecule has 3 N–H and O–H groups in total. The number of nitrogens with two attached hydrogens (primary N) is 1. The highest BCUT2D eigenvalue weighted by Gasteiger charge is 2.30. The Morgan fingerprint density at radius 1 is 1.50 bits per heavy atom. The summed E-state index contributed by atoms with van der Waals surface area (Å²) in [5.74, 6) is -0.659. The molecule has 0 spiro atoms. The molecule has 0 bridgehead atoms. The number of carbonyl (C=O) groups is 1. The lowest BCUT2D eigenvalue weighted by Crippen LogP contribution is -2.47. The molecular formula is C14H17FN2O2S. The van der Waals surface area contributed by atoms with Crippen molar-refractivity contribution in [3.63, 3.8) is 0 Å². The fourth-order valence-electron chi connectivity index (χ4n) is 1.78. The van der Waals surface area contributed by atoms with Gasteiger partial charge in [-0.15, -0.1) is 11.3 Å². The van der Waals surface area contributed by atoms with Crippen molar-refractivity contribution in [2.75, 3.05) is 19.4 Å². The number of hydrogen-bond donors (Lipinski definition) is 2. The van der Waals surface area contributed by atoms with Crippen molar-refractivity contribution in [3.8, 4) is 0 Å². The van der Waals surface area contributed by atoms with Gasteiger partial charge in [0.25, 0.3) is 5.91 Å². The van der Waals surface area contributed by atoms with Gasteiger partial charge in [0.05, 0.1) is 17.8 Å². The van der Waals surface area contributed by atoms with Crippen molar-refractivity contribution in [1.82, 2.24) is 4.90 Å². The molecule has 0 saturated carbocycles. The number of benzene rings is 1. The van der Waals surface area contributed by atoms with Crippen molar-refractivity contribution < 1.29 is 14.3 Å². The molecule has 20 heavy (non-hydrogen) atoms. The quantitative estimate of drug-likeness (QED) is 0.914. The van der Waals surface area contributed by atoms with Gasteiger partial charge in [0.15, 0.2) is 0 Å². The molecule has 108 valence electrons. The second-order valence-corrected chi connectivity index (χ2v) is 6.37. The number of rotatable bonds is 3. The number of nitrogen functional groups attached to an aromatic ring is 1. The van der Waals surface area contributed by atoms with Crippen LogP contribution >= 0.6 is 11.3 Å². The maximum Gasteiger partial charge on any atom is 0.266 e. The topological polar surface area (TPSA) is 66.6 Å². The highest BCUT2D eigenvalue weighted by Crippen LogP contribution is 2.35. The molecule has 2 rings (SSSR count). The number of anilines is 1. The third-order valence-electron chi connectivity index (χ3n) is 3.48. The minimum atomic E-state index is -0.690. The monoisotopic (exact) mass is 296 g/mol. The molecule has 0 aliphatic carbocycles. The Balaban J connectivity index is 2.48.